The molecule has 0 bridgehead atoms. The highest BCUT2D eigenvalue weighted by Gasteiger charge is 2.39. The molecule has 0 fully saturated rings. The van der Waals surface area contributed by atoms with Gasteiger partial charge in [0.15, 0.2) is 0 Å². The van der Waals surface area contributed by atoms with Crippen molar-refractivity contribution in [3.8, 4) is 5.75 Å². The maximum absolute atomic E-state index is 11.3. The van der Waals surface area contributed by atoms with Crippen molar-refractivity contribution in [3.05, 3.63) is 23.8 Å². The number of amides is 1. The van der Waals surface area contributed by atoms with Crippen molar-refractivity contribution < 1.29 is 14.3 Å². The van der Waals surface area contributed by atoms with E-state index in [9.17, 15) is 9.90 Å². The summed E-state index contributed by atoms with van der Waals surface area (Å²) in [5.41, 5.74) is 1.42. The van der Waals surface area contributed by atoms with Crippen LogP contribution in [0.15, 0.2) is 18.2 Å². The summed E-state index contributed by atoms with van der Waals surface area (Å²) in [5.74, 6) is 0.500. The van der Waals surface area contributed by atoms with Gasteiger partial charge in [0.1, 0.15) is 5.75 Å². The van der Waals surface area contributed by atoms with E-state index in [4.69, 9.17) is 4.43 Å². The van der Waals surface area contributed by atoms with Gasteiger partial charge in [-0.2, -0.15) is 0 Å². The average Bonchev–Trinajstić information content (AvgIpc) is 2.29. The minimum absolute atomic E-state index is 0.0474. The minimum Gasteiger partial charge on any atom is -0.542 e. The van der Waals surface area contributed by atoms with Crippen molar-refractivity contribution in [3.63, 3.8) is 0 Å². The first kappa shape index (κ1) is 16.7. The molecule has 0 aliphatic heterocycles. The third-order valence-electron chi connectivity index (χ3n) is 3.71. The Hall–Kier alpha value is -1.33. The van der Waals surface area contributed by atoms with E-state index in [2.05, 4.69) is 39.2 Å². The molecule has 1 amide bonds. The zero-order valence-corrected chi connectivity index (χ0v) is 14.2. The van der Waals surface area contributed by atoms with Gasteiger partial charge in [-0.1, -0.05) is 26.8 Å². The standard InChI is InChI=1S/C15H25NO3Si/c1-11(18)16-13-8-7-12(10-17)9-14(13)19-20(5,6)15(2,3)4/h7-9,17H,10H2,1-6H3,(H,16,18). The molecule has 0 spiro atoms. The SMILES string of the molecule is CC(=O)Nc1ccc(CO)cc1O[Si](C)(C)C(C)(C)C. The first-order valence-corrected chi connectivity index (χ1v) is 9.68. The van der Waals surface area contributed by atoms with Crippen LogP contribution in [0.3, 0.4) is 0 Å². The number of aliphatic hydroxyl groups is 1. The molecule has 1 aromatic carbocycles. The van der Waals surface area contributed by atoms with Crippen LogP contribution in [0.4, 0.5) is 5.69 Å². The lowest BCUT2D eigenvalue weighted by atomic mass is 10.2. The number of aliphatic hydroxyl groups excluding tert-OH is 1. The molecule has 0 aromatic heterocycles. The number of carbonyl (C=O) groups excluding carboxylic acids is 1. The van der Waals surface area contributed by atoms with Gasteiger partial charge in [0.25, 0.3) is 8.32 Å². The van der Waals surface area contributed by atoms with E-state index in [1.54, 1.807) is 18.2 Å². The maximum atomic E-state index is 11.3. The fourth-order valence-corrected chi connectivity index (χ4v) is 2.50. The molecule has 5 heteroatoms. The summed E-state index contributed by atoms with van der Waals surface area (Å²) in [7, 11) is -2.00. The zero-order valence-electron chi connectivity index (χ0n) is 13.2. The van der Waals surface area contributed by atoms with Crippen LogP contribution in [0.1, 0.15) is 33.3 Å². The average molecular weight is 295 g/mol. The highest BCUT2D eigenvalue weighted by molar-refractivity contribution is 6.74. The maximum Gasteiger partial charge on any atom is 0.250 e. The number of anilines is 1. The molecular weight excluding hydrogens is 270 g/mol. The second-order valence-corrected chi connectivity index (χ2v) is 11.3. The molecule has 112 valence electrons. The van der Waals surface area contributed by atoms with Crippen molar-refractivity contribution in [2.24, 2.45) is 0 Å². The van der Waals surface area contributed by atoms with E-state index < -0.39 is 8.32 Å². The summed E-state index contributed by atoms with van der Waals surface area (Å²) >= 11 is 0. The molecule has 0 heterocycles. The molecule has 0 aliphatic rings. The number of rotatable bonds is 4. The van der Waals surface area contributed by atoms with E-state index in [0.29, 0.717) is 11.4 Å². The Labute approximate surface area is 122 Å². The van der Waals surface area contributed by atoms with Crippen LogP contribution in [-0.4, -0.2) is 19.3 Å². The van der Waals surface area contributed by atoms with Crippen molar-refractivity contribution >= 4 is 19.9 Å². The Morgan fingerprint density at radius 1 is 1.35 bits per heavy atom. The fraction of sp³-hybridized carbons (Fsp3) is 0.533. The largest absolute Gasteiger partial charge is 0.542 e. The van der Waals surface area contributed by atoms with Crippen LogP contribution < -0.4 is 9.74 Å². The van der Waals surface area contributed by atoms with Crippen LogP contribution in [0.5, 0.6) is 5.75 Å². The normalized spacial score (nSPS) is 12.2. The van der Waals surface area contributed by atoms with E-state index in [-0.39, 0.29) is 17.6 Å². The molecule has 2 N–H and O–H groups in total. The molecular formula is C15H25NO3Si. The lowest BCUT2D eigenvalue weighted by Gasteiger charge is -2.37. The summed E-state index contributed by atoms with van der Waals surface area (Å²) in [6, 6.07) is 5.35. The minimum atomic E-state index is -2.00. The lowest BCUT2D eigenvalue weighted by Crippen LogP contribution is -2.44. The number of benzene rings is 1. The van der Waals surface area contributed by atoms with Gasteiger partial charge in [-0.25, -0.2) is 0 Å². The Morgan fingerprint density at radius 2 is 1.95 bits per heavy atom. The number of nitrogens with one attached hydrogen (secondary N) is 1. The molecule has 1 aromatic rings. The van der Waals surface area contributed by atoms with Gasteiger partial charge >= 0.3 is 0 Å². The van der Waals surface area contributed by atoms with Crippen molar-refractivity contribution in [1.82, 2.24) is 0 Å². The van der Waals surface area contributed by atoms with Crippen LogP contribution in [-0.2, 0) is 11.4 Å². The summed E-state index contributed by atoms with van der Waals surface area (Å²) in [6.45, 7) is 12.2. The van der Waals surface area contributed by atoms with Crippen molar-refractivity contribution in [1.29, 1.82) is 0 Å². The van der Waals surface area contributed by atoms with Crippen molar-refractivity contribution in [2.45, 2.75) is 52.4 Å². The van der Waals surface area contributed by atoms with E-state index >= 15 is 0 Å². The highest BCUT2D eigenvalue weighted by atomic mass is 28.4. The summed E-state index contributed by atoms with van der Waals surface area (Å²) in [6.07, 6.45) is 0. The second-order valence-electron chi connectivity index (χ2n) is 6.53. The molecule has 1 rings (SSSR count). The number of hydrogen-bond acceptors (Lipinski definition) is 3. The van der Waals surface area contributed by atoms with Gasteiger partial charge in [0, 0.05) is 6.92 Å². The number of hydrogen-bond donors (Lipinski definition) is 2. The summed E-state index contributed by atoms with van der Waals surface area (Å²) in [4.78, 5) is 11.3. The molecule has 0 atom stereocenters. The first-order chi connectivity index (χ1) is 9.06. The molecule has 20 heavy (non-hydrogen) atoms. The van der Waals surface area contributed by atoms with E-state index in [1.165, 1.54) is 6.92 Å². The smallest absolute Gasteiger partial charge is 0.250 e. The van der Waals surface area contributed by atoms with Gasteiger partial charge < -0.3 is 14.8 Å². The topological polar surface area (TPSA) is 58.6 Å². The van der Waals surface area contributed by atoms with Crippen LogP contribution >= 0.6 is 0 Å². The third-order valence-corrected chi connectivity index (χ3v) is 8.05. The van der Waals surface area contributed by atoms with E-state index in [0.717, 1.165) is 5.56 Å². The Bertz CT molecular complexity index is 492. The Balaban J connectivity index is 3.16. The Morgan fingerprint density at radius 3 is 2.40 bits per heavy atom. The molecule has 4 nitrogen and oxygen atoms in total. The third kappa shape index (κ3) is 4.08. The number of carbonyl (C=O) groups is 1. The first-order valence-electron chi connectivity index (χ1n) is 6.77. The van der Waals surface area contributed by atoms with E-state index in [1.807, 2.05) is 0 Å². The molecule has 0 unspecified atom stereocenters. The van der Waals surface area contributed by atoms with Crippen molar-refractivity contribution in [2.75, 3.05) is 5.32 Å². The Kier molecular flexibility index (Phi) is 4.99. The van der Waals surface area contributed by atoms with Crippen LogP contribution in [0.25, 0.3) is 0 Å². The molecule has 0 aliphatic carbocycles. The second kappa shape index (κ2) is 5.97. The van der Waals surface area contributed by atoms with Gasteiger partial charge in [0.05, 0.1) is 12.3 Å². The van der Waals surface area contributed by atoms with Crippen LogP contribution in [0.2, 0.25) is 18.1 Å². The highest BCUT2D eigenvalue weighted by Crippen LogP contribution is 2.39. The quantitative estimate of drug-likeness (QED) is 0.836. The van der Waals surface area contributed by atoms with Gasteiger partial charge in [-0.05, 0) is 35.8 Å². The lowest BCUT2D eigenvalue weighted by molar-refractivity contribution is -0.114. The van der Waals surface area contributed by atoms with Gasteiger partial charge in [-0.3, -0.25) is 4.79 Å². The summed E-state index contributed by atoms with van der Waals surface area (Å²) < 4.78 is 6.25. The fourth-order valence-electron chi connectivity index (χ4n) is 1.47. The molecule has 0 saturated heterocycles. The van der Waals surface area contributed by atoms with Gasteiger partial charge in [-0.15, -0.1) is 0 Å². The van der Waals surface area contributed by atoms with Gasteiger partial charge in [0.2, 0.25) is 5.91 Å². The predicted molar refractivity (Wildman–Crippen MR) is 84.5 cm³/mol. The molecule has 0 radical (unpaired) electrons. The monoisotopic (exact) mass is 295 g/mol. The predicted octanol–water partition coefficient (Wildman–Crippen LogP) is 3.52. The zero-order chi connectivity index (χ0) is 15.6. The molecule has 0 saturated carbocycles. The summed E-state index contributed by atoms with van der Waals surface area (Å²) in [5, 5.41) is 12.1. The van der Waals surface area contributed by atoms with Crippen LogP contribution in [0, 0.1) is 0 Å².